The van der Waals surface area contributed by atoms with Crippen molar-refractivity contribution < 1.29 is 13.2 Å². The van der Waals surface area contributed by atoms with Crippen LogP contribution >= 0.6 is 0 Å². The predicted octanol–water partition coefficient (Wildman–Crippen LogP) is 1.56. The second-order valence-electron chi connectivity index (χ2n) is 3.00. The number of nitrogens with zero attached hydrogens (tertiary/aromatic N) is 1. The fourth-order valence-electron chi connectivity index (χ4n) is 1.46. The Hall–Kier alpha value is -1.20. The van der Waals surface area contributed by atoms with E-state index in [1.54, 1.807) is 17.7 Å². The first-order valence-corrected chi connectivity index (χ1v) is 5.01. The maximum atomic E-state index is 12.9. The molecule has 14 heavy (non-hydrogen) atoms. The van der Waals surface area contributed by atoms with Crippen molar-refractivity contribution in [2.24, 2.45) is 7.05 Å². The number of aromatic nitrogens is 1. The van der Waals surface area contributed by atoms with Crippen molar-refractivity contribution in [3.05, 3.63) is 30.2 Å². The summed E-state index contributed by atoms with van der Waals surface area (Å²) in [6.07, 6.45) is 1.47. The van der Waals surface area contributed by atoms with Gasteiger partial charge in [-0.05, 0) is 29.3 Å². The molecule has 3 nitrogen and oxygen atoms in total. The predicted molar refractivity (Wildman–Crippen MR) is 50.1 cm³/mol. The lowest BCUT2D eigenvalue weighted by atomic mass is 10.2. The van der Waals surface area contributed by atoms with E-state index in [-0.39, 0.29) is 4.90 Å². The van der Waals surface area contributed by atoms with Crippen molar-refractivity contribution in [2.75, 3.05) is 0 Å². The lowest BCUT2D eigenvalue weighted by Crippen LogP contribution is -1.86. The van der Waals surface area contributed by atoms with Gasteiger partial charge in [-0.1, -0.05) is 0 Å². The molecule has 0 aliphatic carbocycles. The first-order chi connectivity index (χ1) is 6.59. The molecular formula is C9H7FNO2S-. The van der Waals surface area contributed by atoms with E-state index in [1.807, 2.05) is 0 Å². The highest BCUT2D eigenvalue weighted by atomic mass is 32.2. The van der Waals surface area contributed by atoms with Gasteiger partial charge in [-0.25, -0.2) is 4.39 Å². The number of benzene rings is 1. The van der Waals surface area contributed by atoms with Crippen LogP contribution in [-0.4, -0.2) is 13.3 Å². The maximum absolute atomic E-state index is 12.9. The van der Waals surface area contributed by atoms with E-state index < -0.39 is 16.9 Å². The van der Waals surface area contributed by atoms with Gasteiger partial charge in [-0.15, -0.1) is 0 Å². The number of fused-ring (bicyclic) bond motifs is 1. The van der Waals surface area contributed by atoms with Crippen molar-refractivity contribution in [1.29, 1.82) is 0 Å². The van der Waals surface area contributed by atoms with Crippen LogP contribution in [0, 0.1) is 5.82 Å². The largest absolute Gasteiger partial charge is 0.768 e. The van der Waals surface area contributed by atoms with E-state index >= 15 is 0 Å². The molecule has 74 valence electrons. The van der Waals surface area contributed by atoms with Crippen LogP contribution in [0.5, 0.6) is 0 Å². The van der Waals surface area contributed by atoms with Gasteiger partial charge < -0.3 is 9.12 Å². The van der Waals surface area contributed by atoms with Crippen LogP contribution in [-0.2, 0) is 18.1 Å². The molecule has 0 aliphatic heterocycles. The summed E-state index contributed by atoms with van der Waals surface area (Å²) in [5.74, 6) is -0.435. The minimum Gasteiger partial charge on any atom is -0.768 e. The lowest BCUT2D eigenvalue weighted by Gasteiger charge is -2.01. The summed E-state index contributed by atoms with van der Waals surface area (Å²) in [5.41, 5.74) is 0.700. The molecule has 0 spiro atoms. The number of aryl methyl sites for hydroxylation is 1. The average Bonchev–Trinajstić information content (AvgIpc) is 2.43. The van der Waals surface area contributed by atoms with Gasteiger partial charge in [-0.2, -0.15) is 0 Å². The molecule has 0 radical (unpaired) electrons. The third kappa shape index (κ3) is 1.34. The van der Waals surface area contributed by atoms with Crippen LogP contribution in [0.3, 0.4) is 0 Å². The van der Waals surface area contributed by atoms with Crippen LogP contribution in [0.15, 0.2) is 29.3 Å². The summed E-state index contributed by atoms with van der Waals surface area (Å²) >= 11 is -2.33. The van der Waals surface area contributed by atoms with Crippen LogP contribution in [0.25, 0.3) is 10.9 Å². The Kier molecular flexibility index (Phi) is 2.13. The molecule has 2 rings (SSSR count). The van der Waals surface area contributed by atoms with Gasteiger partial charge in [0.25, 0.3) is 0 Å². The quantitative estimate of drug-likeness (QED) is 0.673. The Morgan fingerprint density at radius 1 is 1.50 bits per heavy atom. The van der Waals surface area contributed by atoms with Crippen molar-refractivity contribution in [1.82, 2.24) is 4.57 Å². The van der Waals surface area contributed by atoms with Gasteiger partial charge in [0.15, 0.2) is 0 Å². The topological polar surface area (TPSA) is 45.1 Å². The Morgan fingerprint density at radius 2 is 2.21 bits per heavy atom. The number of hydrogen-bond acceptors (Lipinski definition) is 2. The van der Waals surface area contributed by atoms with Gasteiger partial charge in [0.2, 0.25) is 0 Å². The lowest BCUT2D eigenvalue weighted by molar-refractivity contribution is 0.537. The molecule has 1 aromatic carbocycles. The summed E-state index contributed by atoms with van der Waals surface area (Å²) in [5, 5.41) is 0.417. The maximum Gasteiger partial charge on any atom is 0.124 e. The van der Waals surface area contributed by atoms with Crippen LogP contribution in [0.4, 0.5) is 4.39 Å². The van der Waals surface area contributed by atoms with E-state index in [4.69, 9.17) is 0 Å². The summed E-state index contributed by atoms with van der Waals surface area (Å²) in [6, 6.07) is 4.08. The molecule has 2 aromatic rings. The second kappa shape index (κ2) is 3.18. The van der Waals surface area contributed by atoms with Crippen molar-refractivity contribution in [3.63, 3.8) is 0 Å². The highest BCUT2D eigenvalue weighted by Crippen LogP contribution is 2.23. The monoisotopic (exact) mass is 212 g/mol. The average molecular weight is 212 g/mol. The minimum atomic E-state index is -2.33. The van der Waals surface area contributed by atoms with Gasteiger partial charge >= 0.3 is 0 Å². The van der Waals surface area contributed by atoms with E-state index in [1.165, 1.54) is 18.3 Å². The molecule has 0 N–H and O–H groups in total. The summed E-state index contributed by atoms with van der Waals surface area (Å²) in [6.45, 7) is 0. The molecule has 1 unspecified atom stereocenters. The molecule has 0 aliphatic rings. The molecular weight excluding hydrogens is 205 g/mol. The highest BCUT2D eigenvalue weighted by Gasteiger charge is 2.07. The molecule has 0 saturated heterocycles. The van der Waals surface area contributed by atoms with E-state index in [0.717, 1.165) is 0 Å². The number of halogens is 1. The summed E-state index contributed by atoms with van der Waals surface area (Å²) in [7, 11) is 1.72. The zero-order valence-corrected chi connectivity index (χ0v) is 8.18. The first-order valence-electron chi connectivity index (χ1n) is 3.93. The summed E-state index contributed by atoms with van der Waals surface area (Å²) < 4.78 is 36.1. The standard InChI is InChI=1S/C9H8FNO2S/c1-11-5-9(14(12)13)7-4-6(10)2-3-8(7)11/h2-5H,1H3,(H,12,13)/p-1. The SMILES string of the molecule is Cn1cc(S(=O)[O-])c2cc(F)ccc21. The normalized spacial score (nSPS) is 13.4. The first kappa shape index (κ1) is 9.36. The summed E-state index contributed by atoms with van der Waals surface area (Å²) in [4.78, 5) is 0.127. The van der Waals surface area contributed by atoms with Crippen LogP contribution in [0.1, 0.15) is 0 Å². The fraction of sp³-hybridized carbons (Fsp3) is 0.111. The zero-order valence-electron chi connectivity index (χ0n) is 7.36. The zero-order chi connectivity index (χ0) is 10.3. The van der Waals surface area contributed by atoms with E-state index in [9.17, 15) is 13.2 Å². The highest BCUT2D eigenvalue weighted by molar-refractivity contribution is 7.79. The van der Waals surface area contributed by atoms with Crippen molar-refractivity contribution >= 4 is 22.0 Å². The third-order valence-electron chi connectivity index (χ3n) is 2.09. The Morgan fingerprint density at radius 3 is 2.86 bits per heavy atom. The molecule has 1 heterocycles. The van der Waals surface area contributed by atoms with Crippen molar-refractivity contribution in [3.8, 4) is 0 Å². The minimum absolute atomic E-state index is 0.127. The van der Waals surface area contributed by atoms with Gasteiger partial charge in [0, 0.05) is 24.1 Å². The van der Waals surface area contributed by atoms with E-state index in [2.05, 4.69) is 0 Å². The van der Waals surface area contributed by atoms with Crippen molar-refractivity contribution in [2.45, 2.75) is 4.90 Å². The number of rotatable bonds is 1. The molecule has 0 bridgehead atoms. The van der Waals surface area contributed by atoms with Gasteiger partial charge in [0.1, 0.15) is 5.82 Å². The van der Waals surface area contributed by atoms with Gasteiger partial charge in [-0.3, -0.25) is 4.21 Å². The van der Waals surface area contributed by atoms with Crippen LogP contribution in [0.2, 0.25) is 0 Å². The third-order valence-corrected chi connectivity index (χ3v) is 2.78. The second-order valence-corrected chi connectivity index (χ2v) is 3.91. The van der Waals surface area contributed by atoms with Gasteiger partial charge in [0.05, 0.1) is 4.90 Å². The Balaban J connectivity index is 2.85. The van der Waals surface area contributed by atoms with E-state index in [0.29, 0.717) is 10.9 Å². The Bertz CT molecular complexity index is 521. The molecule has 1 aromatic heterocycles. The molecule has 0 saturated carbocycles. The molecule has 0 amide bonds. The smallest absolute Gasteiger partial charge is 0.124 e. The number of hydrogen-bond donors (Lipinski definition) is 0. The molecule has 1 atom stereocenters. The Labute approximate surface area is 82.4 Å². The fourth-order valence-corrected chi connectivity index (χ4v) is 2.05. The molecule has 0 fully saturated rings. The van der Waals surface area contributed by atoms with Crippen LogP contribution < -0.4 is 0 Å². The molecule has 5 heteroatoms.